The SMILES string of the molecule is [2H]C1N(CC=C)C([2H])N(CC=C)C([2H])N1CC=C. The molecule has 3 heteroatoms. The first-order chi connectivity index (χ1) is 8.58. The van der Waals surface area contributed by atoms with Crippen molar-refractivity contribution in [2.45, 2.75) is 0 Å². The molecular weight excluding hydrogens is 186 g/mol. The number of hydrogen-bond acceptors (Lipinski definition) is 3. The molecule has 0 aromatic carbocycles. The molecule has 0 unspecified atom stereocenters. The lowest BCUT2D eigenvalue weighted by molar-refractivity contribution is -0.0111. The fraction of sp³-hybridized carbons (Fsp3) is 0.500. The summed E-state index contributed by atoms with van der Waals surface area (Å²) in [6, 6.07) is 0. The highest BCUT2D eigenvalue weighted by Crippen LogP contribution is 2.07. The Morgan fingerprint density at radius 3 is 1.27 bits per heavy atom. The van der Waals surface area contributed by atoms with E-state index in [4.69, 9.17) is 4.11 Å². The number of rotatable bonds is 6. The van der Waals surface area contributed by atoms with Crippen LogP contribution < -0.4 is 0 Å². The lowest BCUT2D eigenvalue weighted by atomic mass is 10.4. The van der Waals surface area contributed by atoms with Gasteiger partial charge < -0.3 is 0 Å². The van der Waals surface area contributed by atoms with Gasteiger partial charge in [0.2, 0.25) is 0 Å². The maximum absolute atomic E-state index is 8.14. The Bertz CT molecular complexity index is 251. The highest BCUT2D eigenvalue weighted by Gasteiger charge is 2.20. The fourth-order valence-corrected chi connectivity index (χ4v) is 1.39. The average Bonchev–Trinajstić information content (AvgIpc) is 2.35. The molecule has 0 radical (unpaired) electrons. The van der Waals surface area contributed by atoms with Crippen molar-refractivity contribution in [3.05, 3.63) is 38.0 Å². The summed E-state index contributed by atoms with van der Waals surface area (Å²) in [4.78, 5) is 4.97. The quantitative estimate of drug-likeness (QED) is 0.613. The maximum Gasteiger partial charge on any atom is 0.0603 e. The Morgan fingerprint density at radius 1 is 0.800 bits per heavy atom. The van der Waals surface area contributed by atoms with Gasteiger partial charge in [0.05, 0.1) is 24.0 Å². The van der Waals surface area contributed by atoms with Gasteiger partial charge in [0.15, 0.2) is 0 Å². The average molecular weight is 210 g/mol. The Labute approximate surface area is 97.2 Å². The molecule has 0 atom stereocenters. The Balaban J connectivity index is 2.96. The smallest absolute Gasteiger partial charge is 0.0603 e. The van der Waals surface area contributed by atoms with Gasteiger partial charge in [-0.05, 0) is 0 Å². The summed E-state index contributed by atoms with van der Waals surface area (Å²) < 4.78 is 24.4. The predicted octanol–water partition coefficient (Wildman–Crippen LogP) is 1.34. The van der Waals surface area contributed by atoms with Crippen LogP contribution in [0.4, 0.5) is 0 Å². The second-order valence-electron chi connectivity index (χ2n) is 3.30. The minimum absolute atomic E-state index is 0.441. The second kappa shape index (κ2) is 6.56. The van der Waals surface area contributed by atoms with Crippen LogP contribution in [0.3, 0.4) is 0 Å². The Morgan fingerprint density at radius 2 is 1.07 bits per heavy atom. The van der Waals surface area contributed by atoms with Crippen LogP contribution >= 0.6 is 0 Å². The Hall–Kier alpha value is -0.900. The van der Waals surface area contributed by atoms with E-state index in [1.165, 1.54) is 0 Å². The van der Waals surface area contributed by atoms with E-state index in [-0.39, 0.29) is 0 Å². The molecule has 1 aliphatic heterocycles. The lowest BCUT2D eigenvalue weighted by Crippen LogP contribution is -2.54. The van der Waals surface area contributed by atoms with E-state index in [0.29, 0.717) is 19.6 Å². The van der Waals surface area contributed by atoms with Crippen molar-refractivity contribution < 1.29 is 4.11 Å². The van der Waals surface area contributed by atoms with Gasteiger partial charge in [-0.2, -0.15) is 0 Å². The molecule has 1 saturated heterocycles. The summed E-state index contributed by atoms with van der Waals surface area (Å²) in [5.41, 5.74) is 0. The zero-order valence-corrected chi connectivity index (χ0v) is 9.05. The summed E-state index contributed by atoms with van der Waals surface area (Å²) in [7, 11) is 0. The van der Waals surface area contributed by atoms with Crippen molar-refractivity contribution in [3.63, 3.8) is 0 Å². The molecule has 0 spiro atoms. The standard InChI is InChI=1S/C12H21N3/c1-4-7-13-10-14(8-5-2)12-15(11-13)9-6-3/h4-6H,1-3,7-12H2/i10D,11D,12D. The third kappa shape index (κ3) is 4.00. The van der Waals surface area contributed by atoms with Gasteiger partial charge in [0, 0.05) is 19.6 Å². The van der Waals surface area contributed by atoms with Crippen molar-refractivity contribution in [3.8, 4) is 0 Å². The molecule has 1 rings (SSSR count). The summed E-state index contributed by atoms with van der Waals surface area (Å²) >= 11 is 0. The molecule has 0 N–H and O–H groups in total. The molecular formula is C12H21N3. The van der Waals surface area contributed by atoms with E-state index >= 15 is 0 Å². The summed E-state index contributed by atoms with van der Waals surface area (Å²) in [6.45, 7) is 10.1. The molecule has 15 heavy (non-hydrogen) atoms. The zero-order valence-electron chi connectivity index (χ0n) is 12.0. The highest BCUT2D eigenvalue weighted by molar-refractivity contribution is 4.82. The van der Waals surface area contributed by atoms with Crippen LogP contribution in [-0.4, -0.2) is 54.3 Å². The highest BCUT2D eigenvalue weighted by atomic mass is 15.5. The largest absolute Gasteiger partial charge is 0.274 e. The van der Waals surface area contributed by atoms with Crippen LogP contribution in [0.1, 0.15) is 4.11 Å². The molecule has 3 nitrogen and oxygen atoms in total. The van der Waals surface area contributed by atoms with E-state index in [9.17, 15) is 0 Å². The van der Waals surface area contributed by atoms with Crippen molar-refractivity contribution in [2.75, 3.05) is 39.6 Å². The third-order valence-corrected chi connectivity index (χ3v) is 1.91. The minimum Gasteiger partial charge on any atom is -0.274 e. The van der Waals surface area contributed by atoms with Gasteiger partial charge in [-0.1, -0.05) is 18.2 Å². The van der Waals surface area contributed by atoms with E-state index in [1.54, 1.807) is 32.9 Å². The number of hydrogen-bond donors (Lipinski definition) is 0. The fourth-order valence-electron chi connectivity index (χ4n) is 1.39. The molecule has 0 bridgehead atoms. The van der Waals surface area contributed by atoms with E-state index in [2.05, 4.69) is 19.7 Å². The van der Waals surface area contributed by atoms with Crippen molar-refractivity contribution in [1.29, 1.82) is 0 Å². The van der Waals surface area contributed by atoms with Crippen LogP contribution in [0.25, 0.3) is 0 Å². The molecule has 1 heterocycles. The van der Waals surface area contributed by atoms with Gasteiger partial charge in [-0.3, -0.25) is 14.7 Å². The monoisotopic (exact) mass is 210 g/mol. The number of nitrogens with zero attached hydrogens (tertiary/aromatic N) is 3. The first-order valence-electron chi connectivity index (χ1n) is 6.68. The van der Waals surface area contributed by atoms with Crippen LogP contribution in [0, 0.1) is 0 Å². The molecule has 0 aliphatic carbocycles. The molecule has 0 amide bonds. The van der Waals surface area contributed by atoms with Gasteiger partial charge in [-0.25, -0.2) is 0 Å². The maximum atomic E-state index is 8.14. The second-order valence-corrected chi connectivity index (χ2v) is 3.30. The van der Waals surface area contributed by atoms with Crippen molar-refractivity contribution in [1.82, 2.24) is 14.7 Å². The van der Waals surface area contributed by atoms with Crippen LogP contribution in [-0.2, 0) is 0 Å². The Kier molecular flexibility index (Phi) is 3.62. The molecule has 84 valence electrons. The van der Waals surface area contributed by atoms with Gasteiger partial charge in [-0.15, -0.1) is 19.7 Å². The third-order valence-electron chi connectivity index (χ3n) is 1.91. The van der Waals surface area contributed by atoms with Crippen molar-refractivity contribution >= 4 is 0 Å². The minimum atomic E-state index is -0.730. The van der Waals surface area contributed by atoms with Gasteiger partial charge in [0.1, 0.15) is 0 Å². The molecule has 1 aliphatic rings. The van der Waals surface area contributed by atoms with Gasteiger partial charge >= 0.3 is 0 Å². The molecule has 0 aromatic heterocycles. The van der Waals surface area contributed by atoms with E-state index < -0.39 is 19.9 Å². The van der Waals surface area contributed by atoms with Crippen molar-refractivity contribution in [2.24, 2.45) is 0 Å². The normalized spacial score (nSPS) is 37.6. The predicted molar refractivity (Wildman–Crippen MR) is 65.3 cm³/mol. The van der Waals surface area contributed by atoms with Crippen LogP contribution in [0.15, 0.2) is 38.0 Å². The molecule has 0 saturated carbocycles. The zero-order chi connectivity index (χ0) is 13.7. The summed E-state index contributed by atoms with van der Waals surface area (Å²) in [6.07, 6.45) is 5.02. The van der Waals surface area contributed by atoms with E-state index in [0.717, 1.165) is 0 Å². The van der Waals surface area contributed by atoms with Crippen LogP contribution in [0.2, 0.25) is 0 Å². The van der Waals surface area contributed by atoms with Gasteiger partial charge in [0.25, 0.3) is 0 Å². The first-order valence-corrected chi connectivity index (χ1v) is 4.95. The van der Waals surface area contributed by atoms with E-state index in [1.807, 2.05) is 0 Å². The molecule has 0 aromatic rings. The summed E-state index contributed by atoms with van der Waals surface area (Å²) in [5.74, 6) is 0. The lowest BCUT2D eigenvalue weighted by Gasteiger charge is -2.41. The topological polar surface area (TPSA) is 9.72 Å². The van der Waals surface area contributed by atoms with Crippen LogP contribution in [0.5, 0.6) is 0 Å². The first kappa shape index (κ1) is 8.28. The molecule has 1 fully saturated rings. The summed E-state index contributed by atoms with van der Waals surface area (Å²) in [5, 5.41) is 0.